The van der Waals surface area contributed by atoms with Gasteiger partial charge in [-0.05, 0) is 46.7 Å². The summed E-state index contributed by atoms with van der Waals surface area (Å²) in [5, 5.41) is 3.57. The van der Waals surface area contributed by atoms with Gasteiger partial charge in [-0.2, -0.15) is 4.79 Å². The van der Waals surface area contributed by atoms with Gasteiger partial charge in [0.2, 0.25) is 0 Å². The van der Waals surface area contributed by atoms with Crippen molar-refractivity contribution in [2.24, 2.45) is 5.92 Å². The molecule has 0 aliphatic carbocycles. The summed E-state index contributed by atoms with van der Waals surface area (Å²) in [6, 6.07) is 27.7. The van der Waals surface area contributed by atoms with Crippen LogP contribution in [-0.2, 0) is 19.2 Å². The number of hydroxylamine groups is 1. The molecule has 5 rings (SSSR count). The predicted octanol–water partition coefficient (Wildman–Crippen LogP) is 5.87. The Labute approximate surface area is 233 Å². The van der Waals surface area contributed by atoms with E-state index in [1.807, 2.05) is 84.9 Å². The Morgan fingerprint density at radius 1 is 0.923 bits per heavy atom. The molecule has 0 aromatic heterocycles. The van der Waals surface area contributed by atoms with Gasteiger partial charge < -0.3 is 15.0 Å². The maximum atomic E-state index is 14.2. The average Bonchev–Trinajstić information content (AvgIpc) is 3.37. The minimum Gasteiger partial charge on any atom is -0.496 e. The van der Waals surface area contributed by atoms with E-state index in [-0.39, 0.29) is 0 Å². The molecule has 1 saturated heterocycles. The number of Topliss-reactive ketones (excluding diaryl/α,β-unsaturated/α-hetero) is 1. The van der Waals surface area contributed by atoms with E-state index in [0.29, 0.717) is 17.0 Å². The number of methoxy groups -OCH3 is 2. The zero-order valence-electron chi connectivity index (χ0n) is 21.2. The third-order valence-corrected chi connectivity index (χ3v) is 7.31. The van der Waals surface area contributed by atoms with Crippen LogP contribution in [0, 0.1) is 5.92 Å². The summed E-state index contributed by atoms with van der Waals surface area (Å²) in [6.07, 6.45) is -0.921. The maximum Gasteiger partial charge on any atom is 0.441 e. The molecular weight excluding hydrogens is 562 g/mol. The number of para-hydroxylation sites is 1. The number of anilines is 1. The Balaban J connectivity index is 1.80. The largest absolute Gasteiger partial charge is 0.496 e. The molecule has 1 heterocycles. The Kier molecular flexibility index (Phi) is 7.56. The van der Waals surface area contributed by atoms with Crippen molar-refractivity contribution in [3.63, 3.8) is 0 Å². The molecule has 0 spiro atoms. The highest BCUT2D eigenvalue weighted by Gasteiger charge is 2.54. The number of hydrogen-bond acceptors (Lipinski definition) is 6. The summed E-state index contributed by atoms with van der Waals surface area (Å²) in [5.74, 6) is -2.32. The van der Waals surface area contributed by atoms with Crippen molar-refractivity contribution in [2.75, 3.05) is 19.3 Å². The standard InChI is InChI=1S/C30H24BrN3O5/c1-37-24-16-15-19(31)17-23(24)29-25(28(35)26(33-32)30(36)38-2)27(34(39-29)20-11-4-3-5-12-20)22-14-8-10-18-9-6-7-13-21(18)22/h3-17,25,27,29H,1-2H3/t25-,27+,29-/m1/s1. The molecule has 0 bridgehead atoms. The van der Waals surface area contributed by atoms with Crippen LogP contribution in [-0.4, -0.2) is 36.5 Å². The number of benzene rings is 4. The van der Waals surface area contributed by atoms with Crippen LogP contribution < -0.4 is 9.80 Å². The van der Waals surface area contributed by atoms with Crippen LogP contribution in [0.4, 0.5) is 5.69 Å². The number of halogens is 1. The number of nitrogens with zero attached hydrogens (tertiary/aromatic N) is 3. The number of carbonyl (C=O) groups excluding carboxylic acids is 2. The maximum absolute atomic E-state index is 14.2. The molecule has 39 heavy (non-hydrogen) atoms. The van der Waals surface area contributed by atoms with Crippen LogP contribution in [0.25, 0.3) is 16.3 Å². The summed E-state index contributed by atoms with van der Waals surface area (Å²) >= 11 is 3.51. The van der Waals surface area contributed by atoms with Crippen molar-refractivity contribution < 1.29 is 28.7 Å². The molecule has 4 aromatic carbocycles. The number of ether oxygens (including phenoxy) is 2. The normalized spacial score (nSPS) is 18.4. The molecule has 9 heteroatoms. The van der Waals surface area contributed by atoms with Crippen LogP contribution in [0.1, 0.15) is 23.3 Å². The van der Waals surface area contributed by atoms with Gasteiger partial charge in [-0.1, -0.05) is 76.6 Å². The van der Waals surface area contributed by atoms with Crippen molar-refractivity contribution in [2.45, 2.75) is 12.1 Å². The van der Waals surface area contributed by atoms with Crippen LogP contribution in [0.15, 0.2) is 95.5 Å². The first-order valence-electron chi connectivity index (χ1n) is 12.1. The highest BCUT2D eigenvalue weighted by molar-refractivity contribution is 9.10. The van der Waals surface area contributed by atoms with Gasteiger partial charge in [-0.15, -0.1) is 0 Å². The Hall–Kier alpha value is -4.30. The summed E-state index contributed by atoms with van der Waals surface area (Å²) in [4.78, 5) is 36.4. The van der Waals surface area contributed by atoms with E-state index < -0.39 is 35.5 Å². The zero-order chi connectivity index (χ0) is 27.5. The minimum absolute atomic E-state index is 0.494. The number of carbonyl (C=O) groups is 2. The van der Waals surface area contributed by atoms with Crippen LogP contribution in [0.2, 0.25) is 0 Å². The minimum atomic E-state index is -1.04. The SMILES string of the molecule is COC(=O)C(=[N+]=[N-])C(=O)[C@@H]1[C@@H](c2cc(Br)ccc2OC)ON(c2ccccc2)[C@H]1c1cccc2ccccc12. The number of hydrogen-bond donors (Lipinski definition) is 0. The predicted molar refractivity (Wildman–Crippen MR) is 149 cm³/mol. The smallest absolute Gasteiger partial charge is 0.441 e. The average molecular weight is 586 g/mol. The molecule has 0 saturated carbocycles. The lowest BCUT2D eigenvalue weighted by atomic mass is 9.80. The fraction of sp³-hybridized carbons (Fsp3) is 0.167. The molecule has 1 fully saturated rings. The van der Waals surface area contributed by atoms with E-state index >= 15 is 0 Å². The van der Waals surface area contributed by atoms with Gasteiger partial charge >= 0.3 is 11.7 Å². The second kappa shape index (κ2) is 11.2. The first-order chi connectivity index (χ1) is 19.0. The van der Waals surface area contributed by atoms with Gasteiger partial charge in [-0.3, -0.25) is 9.63 Å². The first kappa shape index (κ1) is 26.3. The molecule has 0 radical (unpaired) electrons. The number of esters is 1. The van der Waals surface area contributed by atoms with Gasteiger partial charge in [0.05, 0.1) is 31.9 Å². The number of ketones is 1. The molecule has 0 unspecified atom stereocenters. The number of fused-ring (bicyclic) bond motifs is 1. The van der Waals surface area contributed by atoms with Crippen LogP contribution >= 0.6 is 15.9 Å². The Bertz CT molecular complexity index is 1600. The Morgan fingerprint density at radius 2 is 1.64 bits per heavy atom. The van der Waals surface area contributed by atoms with Crippen LogP contribution in [0.3, 0.4) is 0 Å². The topological polar surface area (TPSA) is 101 Å². The van der Waals surface area contributed by atoms with E-state index in [2.05, 4.69) is 20.7 Å². The molecule has 1 aliphatic heterocycles. The van der Waals surface area contributed by atoms with E-state index in [9.17, 15) is 15.1 Å². The van der Waals surface area contributed by atoms with Crippen molar-refractivity contribution in [3.8, 4) is 5.75 Å². The summed E-state index contributed by atoms with van der Waals surface area (Å²) in [7, 11) is 2.66. The molecular formula is C30H24BrN3O5. The van der Waals surface area contributed by atoms with E-state index in [1.165, 1.54) is 7.11 Å². The van der Waals surface area contributed by atoms with Crippen molar-refractivity contribution in [1.82, 2.24) is 0 Å². The second-order valence-electron chi connectivity index (χ2n) is 8.92. The van der Waals surface area contributed by atoms with E-state index in [1.54, 1.807) is 11.1 Å². The van der Waals surface area contributed by atoms with Gasteiger partial charge in [0.1, 0.15) is 11.9 Å². The van der Waals surface area contributed by atoms with Gasteiger partial charge in [0.15, 0.2) is 0 Å². The fourth-order valence-electron chi connectivity index (χ4n) is 5.09. The molecule has 0 N–H and O–H groups in total. The van der Waals surface area contributed by atoms with E-state index in [0.717, 1.165) is 27.9 Å². The molecule has 3 atom stereocenters. The lowest BCUT2D eigenvalue weighted by molar-refractivity contribution is -0.140. The lowest BCUT2D eigenvalue weighted by Gasteiger charge is -2.27. The van der Waals surface area contributed by atoms with Crippen molar-refractivity contribution >= 4 is 49.9 Å². The van der Waals surface area contributed by atoms with Gasteiger partial charge in [0, 0.05) is 10.0 Å². The first-order valence-corrected chi connectivity index (χ1v) is 12.9. The van der Waals surface area contributed by atoms with Crippen LogP contribution in [0.5, 0.6) is 5.75 Å². The van der Waals surface area contributed by atoms with E-state index in [4.69, 9.17) is 14.3 Å². The van der Waals surface area contributed by atoms with Crippen molar-refractivity contribution in [1.29, 1.82) is 0 Å². The highest BCUT2D eigenvalue weighted by atomic mass is 79.9. The fourth-order valence-corrected chi connectivity index (χ4v) is 5.47. The third kappa shape index (κ3) is 4.83. The zero-order valence-corrected chi connectivity index (χ0v) is 22.7. The highest BCUT2D eigenvalue weighted by Crippen LogP contribution is 2.52. The molecule has 0 amide bonds. The molecule has 196 valence electrons. The Morgan fingerprint density at radius 3 is 2.36 bits per heavy atom. The lowest BCUT2D eigenvalue weighted by Crippen LogP contribution is -2.37. The molecule has 8 nitrogen and oxygen atoms in total. The van der Waals surface area contributed by atoms with Gasteiger partial charge in [-0.25, -0.2) is 9.86 Å². The van der Waals surface area contributed by atoms with Crippen molar-refractivity contribution in [3.05, 3.63) is 112 Å². The second-order valence-corrected chi connectivity index (χ2v) is 9.83. The monoisotopic (exact) mass is 585 g/mol. The van der Waals surface area contributed by atoms with Gasteiger partial charge in [0.25, 0.3) is 5.78 Å². The third-order valence-electron chi connectivity index (χ3n) is 6.81. The summed E-state index contributed by atoms with van der Waals surface area (Å²) in [5.41, 5.74) is 11.1. The number of rotatable bonds is 7. The molecule has 4 aromatic rings. The summed E-state index contributed by atoms with van der Waals surface area (Å²) in [6.45, 7) is 0. The quantitative estimate of drug-likeness (QED) is 0.0883. The summed E-state index contributed by atoms with van der Waals surface area (Å²) < 4.78 is 11.2. The molecule has 1 aliphatic rings.